The molecule has 1 aliphatic heterocycles. The third-order valence-corrected chi connectivity index (χ3v) is 5.49. The van der Waals surface area contributed by atoms with Crippen molar-refractivity contribution >= 4 is 37.3 Å². The lowest BCUT2D eigenvalue weighted by Crippen LogP contribution is -2.25. The maximum Gasteiger partial charge on any atom is 0.181 e. The Morgan fingerprint density at radius 3 is 2.94 bits per heavy atom. The topological polar surface area (TPSA) is 42.1 Å². The fraction of sp³-hybridized carbons (Fsp3) is 0.545. The summed E-state index contributed by atoms with van der Waals surface area (Å²) in [7, 11) is 0. The van der Waals surface area contributed by atoms with Gasteiger partial charge in [-0.3, -0.25) is 0 Å². The van der Waals surface area contributed by atoms with Crippen LogP contribution >= 0.6 is 22.7 Å². The molecule has 0 spiro atoms. The molecule has 0 atom stereocenters. The van der Waals surface area contributed by atoms with Gasteiger partial charge in [-0.15, -0.1) is 11.3 Å². The molecule has 5 heteroatoms. The molecule has 0 bridgehead atoms. The number of likely N-dealkylation sites (N-methyl/N-ethyl adjacent to an activating group) is 1. The molecule has 2 aromatic heterocycles. The largest absolute Gasteiger partial charge is 0.375 e. The van der Waals surface area contributed by atoms with Crippen LogP contribution in [-0.4, -0.2) is 29.5 Å². The molecular weight excluding hydrogens is 238 g/mol. The average Bonchev–Trinajstić information content (AvgIpc) is 2.68. The van der Waals surface area contributed by atoms with Gasteiger partial charge >= 0.3 is 0 Å². The molecule has 0 unspecified atom stereocenters. The Labute approximate surface area is 103 Å². The molecule has 1 aliphatic rings. The Bertz CT molecular complexity index is 514. The molecule has 3 nitrogen and oxygen atoms in total. The lowest BCUT2D eigenvalue weighted by Gasteiger charge is -2.16. The summed E-state index contributed by atoms with van der Waals surface area (Å²) in [5.74, 6) is 0. The van der Waals surface area contributed by atoms with Crippen LogP contribution in [0, 0.1) is 0 Å². The molecule has 86 valence electrons. The highest BCUT2D eigenvalue weighted by atomic mass is 32.2. The average molecular weight is 253 g/mol. The van der Waals surface area contributed by atoms with E-state index in [1.807, 2.05) is 11.3 Å². The molecule has 16 heavy (non-hydrogen) atoms. The quantitative estimate of drug-likeness (QED) is 0.848. The van der Waals surface area contributed by atoms with Gasteiger partial charge in [0.1, 0.15) is 4.01 Å². The van der Waals surface area contributed by atoms with E-state index in [0.717, 1.165) is 19.5 Å². The summed E-state index contributed by atoms with van der Waals surface area (Å²) in [4.78, 5) is 8.51. The number of thiazole rings is 1. The highest BCUT2D eigenvalue weighted by molar-refractivity contribution is 7.39. The minimum atomic E-state index is 0.709. The number of nitrogens with two attached hydrogens (primary N) is 1. The molecule has 0 radical (unpaired) electrons. The Kier molecular flexibility index (Phi) is 2.61. The maximum absolute atomic E-state index is 5.76. The normalized spacial score (nSPS) is 17.6. The highest BCUT2D eigenvalue weighted by Gasteiger charge is 2.20. The van der Waals surface area contributed by atoms with E-state index in [1.54, 1.807) is 11.3 Å². The van der Waals surface area contributed by atoms with Crippen molar-refractivity contribution in [2.24, 2.45) is 0 Å². The summed E-state index contributed by atoms with van der Waals surface area (Å²) in [6, 6.07) is 0. The molecule has 3 rings (SSSR count). The minimum Gasteiger partial charge on any atom is -0.375 e. The standard InChI is InChI=1S/C11H15N3S2/c1-2-14-5-3-7-8(4-6-14)15-10-9(7)13-11(12)16-10/h2-6H2,1H3,(H2,12,13). The Hall–Kier alpha value is -0.650. The van der Waals surface area contributed by atoms with Crippen LogP contribution in [0.3, 0.4) is 0 Å². The zero-order valence-corrected chi connectivity index (χ0v) is 11.0. The van der Waals surface area contributed by atoms with Gasteiger partial charge in [-0.1, -0.05) is 18.3 Å². The van der Waals surface area contributed by atoms with E-state index >= 15 is 0 Å². The van der Waals surface area contributed by atoms with Gasteiger partial charge in [-0.25, -0.2) is 4.98 Å². The Morgan fingerprint density at radius 1 is 1.31 bits per heavy atom. The SMILES string of the molecule is CCN1CCc2sc3sc(N)nc3c2CC1. The van der Waals surface area contributed by atoms with E-state index in [1.165, 1.54) is 32.9 Å². The Morgan fingerprint density at radius 2 is 2.12 bits per heavy atom. The number of nitrogen functional groups attached to an aromatic ring is 1. The highest BCUT2D eigenvalue weighted by Crippen LogP contribution is 2.37. The van der Waals surface area contributed by atoms with E-state index in [-0.39, 0.29) is 0 Å². The summed E-state index contributed by atoms with van der Waals surface area (Å²) < 4.78 is 1.31. The molecule has 0 saturated heterocycles. The van der Waals surface area contributed by atoms with Crippen LogP contribution in [0.2, 0.25) is 0 Å². The van der Waals surface area contributed by atoms with Crippen LogP contribution in [-0.2, 0) is 12.8 Å². The first-order valence-corrected chi connectivity index (χ1v) is 7.30. The van der Waals surface area contributed by atoms with E-state index in [9.17, 15) is 0 Å². The number of fused-ring (bicyclic) bond motifs is 3. The van der Waals surface area contributed by atoms with Crippen molar-refractivity contribution in [2.75, 3.05) is 25.4 Å². The van der Waals surface area contributed by atoms with E-state index in [4.69, 9.17) is 5.73 Å². The number of nitrogens with zero attached hydrogens (tertiary/aromatic N) is 2. The first-order chi connectivity index (χ1) is 7.78. The molecule has 0 fully saturated rings. The minimum absolute atomic E-state index is 0.709. The fourth-order valence-corrected chi connectivity index (χ4v) is 4.63. The van der Waals surface area contributed by atoms with Crippen LogP contribution in [0.4, 0.5) is 5.13 Å². The molecular formula is C11H15N3S2. The van der Waals surface area contributed by atoms with Gasteiger partial charge in [0.05, 0.1) is 5.52 Å². The number of rotatable bonds is 1. The number of hydrogen-bond acceptors (Lipinski definition) is 5. The zero-order chi connectivity index (χ0) is 11.1. The van der Waals surface area contributed by atoms with Crippen molar-refractivity contribution < 1.29 is 0 Å². The molecule has 0 aliphatic carbocycles. The molecule has 2 aromatic rings. The Balaban J connectivity index is 2.02. The number of thiophene rings is 1. The van der Waals surface area contributed by atoms with Crippen molar-refractivity contribution in [2.45, 2.75) is 19.8 Å². The second-order valence-electron chi connectivity index (χ2n) is 4.13. The molecule has 0 aromatic carbocycles. The van der Waals surface area contributed by atoms with Gasteiger partial charge in [0, 0.05) is 18.0 Å². The van der Waals surface area contributed by atoms with Crippen LogP contribution in [0.15, 0.2) is 0 Å². The lowest BCUT2D eigenvalue weighted by atomic mass is 10.1. The molecule has 3 heterocycles. The van der Waals surface area contributed by atoms with Crippen molar-refractivity contribution in [3.63, 3.8) is 0 Å². The van der Waals surface area contributed by atoms with Gasteiger partial charge in [0.15, 0.2) is 5.13 Å². The fourth-order valence-electron chi connectivity index (χ4n) is 2.30. The van der Waals surface area contributed by atoms with E-state index in [2.05, 4.69) is 16.8 Å². The number of anilines is 1. The van der Waals surface area contributed by atoms with Crippen LogP contribution in [0.25, 0.3) is 9.53 Å². The first-order valence-electron chi connectivity index (χ1n) is 5.67. The smallest absolute Gasteiger partial charge is 0.181 e. The second-order valence-corrected chi connectivity index (χ2v) is 6.52. The number of aromatic nitrogens is 1. The van der Waals surface area contributed by atoms with Crippen LogP contribution in [0.1, 0.15) is 17.4 Å². The predicted octanol–water partition coefficient (Wildman–Crippen LogP) is 2.36. The molecule has 0 saturated carbocycles. The van der Waals surface area contributed by atoms with Crippen molar-refractivity contribution in [1.29, 1.82) is 0 Å². The van der Waals surface area contributed by atoms with Crippen LogP contribution < -0.4 is 5.73 Å². The summed E-state index contributed by atoms with van der Waals surface area (Å²) >= 11 is 3.53. The van der Waals surface area contributed by atoms with Crippen molar-refractivity contribution in [3.8, 4) is 0 Å². The van der Waals surface area contributed by atoms with Crippen molar-refractivity contribution in [1.82, 2.24) is 9.88 Å². The summed E-state index contributed by atoms with van der Waals surface area (Å²) in [5, 5.41) is 0.709. The summed E-state index contributed by atoms with van der Waals surface area (Å²) in [6.45, 7) is 5.73. The van der Waals surface area contributed by atoms with Gasteiger partial charge in [-0.2, -0.15) is 0 Å². The zero-order valence-electron chi connectivity index (χ0n) is 9.32. The van der Waals surface area contributed by atoms with Gasteiger partial charge in [-0.05, 0) is 24.9 Å². The van der Waals surface area contributed by atoms with Gasteiger partial charge in [0.25, 0.3) is 0 Å². The third kappa shape index (κ3) is 1.63. The summed E-state index contributed by atoms with van der Waals surface area (Å²) in [6.07, 6.45) is 2.31. The second kappa shape index (κ2) is 3.98. The van der Waals surface area contributed by atoms with E-state index in [0.29, 0.717) is 5.13 Å². The first kappa shape index (κ1) is 10.5. The lowest BCUT2D eigenvalue weighted by molar-refractivity contribution is 0.304. The van der Waals surface area contributed by atoms with Gasteiger partial charge in [0.2, 0.25) is 0 Å². The third-order valence-electron chi connectivity index (χ3n) is 3.23. The monoisotopic (exact) mass is 253 g/mol. The number of hydrogen-bond donors (Lipinski definition) is 1. The predicted molar refractivity (Wildman–Crippen MR) is 71.4 cm³/mol. The van der Waals surface area contributed by atoms with Gasteiger partial charge < -0.3 is 10.6 Å². The van der Waals surface area contributed by atoms with E-state index < -0.39 is 0 Å². The maximum atomic E-state index is 5.76. The molecule has 0 amide bonds. The van der Waals surface area contributed by atoms with Crippen LogP contribution in [0.5, 0.6) is 0 Å². The van der Waals surface area contributed by atoms with Crippen molar-refractivity contribution in [3.05, 3.63) is 10.4 Å². The summed E-state index contributed by atoms with van der Waals surface area (Å²) in [5.41, 5.74) is 8.41. The molecule has 2 N–H and O–H groups in total.